The van der Waals surface area contributed by atoms with Crippen LogP contribution in [-0.2, 0) is 4.79 Å². The lowest BCUT2D eigenvalue weighted by Gasteiger charge is -2.14. The monoisotopic (exact) mass is 414 g/mol. The normalized spacial score (nSPS) is 10.8. The summed E-state index contributed by atoms with van der Waals surface area (Å²) in [5.74, 6) is -1.42. The first-order valence-electron chi connectivity index (χ1n) is 8.98. The van der Waals surface area contributed by atoms with Crippen LogP contribution in [0.4, 0.5) is 15.8 Å². The molecule has 2 amide bonds. The molecular formula is C21H20ClFN4O2. The molecule has 0 spiro atoms. The number of amides is 2. The number of aromatic nitrogens is 2. The molecule has 3 rings (SSSR count). The molecule has 1 aromatic heterocycles. The van der Waals surface area contributed by atoms with Crippen LogP contribution in [0.15, 0.2) is 48.7 Å². The Balaban J connectivity index is 1.94. The number of hydrogen-bond acceptors (Lipinski definition) is 3. The number of carbonyl (C=O) groups is 2. The van der Waals surface area contributed by atoms with E-state index < -0.39 is 11.7 Å². The zero-order valence-corrected chi connectivity index (χ0v) is 16.9. The smallest absolute Gasteiger partial charge is 0.259 e. The van der Waals surface area contributed by atoms with Crippen molar-refractivity contribution in [2.24, 2.45) is 0 Å². The van der Waals surface area contributed by atoms with Gasteiger partial charge in [0.2, 0.25) is 5.91 Å². The van der Waals surface area contributed by atoms with Crippen molar-refractivity contribution >= 4 is 34.8 Å². The van der Waals surface area contributed by atoms with Crippen molar-refractivity contribution < 1.29 is 14.0 Å². The minimum atomic E-state index is -0.608. The Labute approximate surface area is 172 Å². The van der Waals surface area contributed by atoms with E-state index >= 15 is 0 Å². The first kappa shape index (κ1) is 20.5. The number of hydrogen-bond donors (Lipinski definition) is 2. The molecule has 0 saturated heterocycles. The topological polar surface area (TPSA) is 76.0 Å². The van der Waals surface area contributed by atoms with Crippen LogP contribution in [0.3, 0.4) is 0 Å². The Morgan fingerprint density at radius 1 is 1.10 bits per heavy atom. The molecule has 0 aliphatic rings. The van der Waals surface area contributed by atoms with E-state index in [1.165, 1.54) is 31.3 Å². The molecule has 2 aromatic carbocycles. The van der Waals surface area contributed by atoms with Gasteiger partial charge in [-0.25, -0.2) is 9.07 Å². The van der Waals surface area contributed by atoms with Gasteiger partial charge in [0.25, 0.3) is 5.91 Å². The third-order valence-electron chi connectivity index (χ3n) is 4.20. The molecule has 0 atom stereocenters. The molecule has 1 heterocycles. The lowest BCUT2D eigenvalue weighted by molar-refractivity contribution is -0.114. The van der Waals surface area contributed by atoms with Gasteiger partial charge in [-0.05, 0) is 48.4 Å². The van der Waals surface area contributed by atoms with Gasteiger partial charge in [0.1, 0.15) is 5.82 Å². The van der Waals surface area contributed by atoms with Crippen molar-refractivity contribution in [3.05, 3.63) is 70.8 Å². The van der Waals surface area contributed by atoms with Crippen LogP contribution < -0.4 is 10.6 Å². The molecule has 150 valence electrons. The summed E-state index contributed by atoms with van der Waals surface area (Å²) < 4.78 is 15.9. The van der Waals surface area contributed by atoms with Crippen LogP contribution >= 0.6 is 11.6 Å². The van der Waals surface area contributed by atoms with Crippen LogP contribution in [0.5, 0.6) is 0 Å². The van der Waals surface area contributed by atoms with Crippen molar-refractivity contribution in [1.82, 2.24) is 9.78 Å². The quantitative estimate of drug-likeness (QED) is 0.616. The second-order valence-corrected chi connectivity index (χ2v) is 7.25. The van der Waals surface area contributed by atoms with Gasteiger partial charge in [-0.15, -0.1) is 0 Å². The van der Waals surface area contributed by atoms with E-state index in [0.717, 1.165) is 5.69 Å². The Morgan fingerprint density at radius 2 is 1.79 bits per heavy atom. The second kappa shape index (κ2) is 8.45. The summed E-state index contributed by atoms with van der Waals surface area (Å²) >= 11 is 5.95. The van der Waals surface area contributed by atoms with Crippen molar-refractivity contribution in [2.75, 3.05) is 10.6 Å². The number of benzene rings is 2. The van der Waals surface area contributed by atoms with E-state index in [0.29, 0.717) is 22.0 Å². The molecule has 8 heteroatoms. The number of carbonyl (C=O) groups excluding carboxylic acids is 2. The van der Waals surface area contributed by atoms with E-state index in [1.807, 2.05) is 13.8 Å². The van der Waals surface area contributed by atoms with E-state index in [2.05, 4.69) is 15.7 Å². The molecule has 29 heavy (non-hydrogen) atoms. The van der Waals surface area contributed by atoms with Crippen LogP contribution in [-0.4, -0.2) is 21.6 Å². The maximum absolute atomic E-state index is 14.2. The summed E-state index contributed by atoms with van der Waals surface area (Å²) in [6.07, 6.45) is 1.45. The summed E-state index contributed by atoms with van der Waals surface area (Å²) in [7, 11) is 0. The molecule has 0 aliphatic carbocycles. The standard InChI is InChI=1S/C21H20ClFN4O2/c1-12(2)20-17(11-24-27(20)16-7-4-14(22)5-8-16)21(29)26-19-10-15(25-13(3)28)6-9-18(19)23/h4-12H,1-3H3,(H,25,28)(H,26,29). The van der Waals surface area contributed by atoms with Gasteiger partial charge in [-0.1, -0.05) is 25.4 Å². The summed E-state index contributed by atoms with van der Waals surface area (Å²) in [5, 5.41) is 10.1. The number of halogens is 2. The van der Waals surface area contributed by atoms with Gasteiger partial charge in [0.05, 0.1) is 28.8 Å². The maximum Gasteiger partial charge on any atom is 0.259 e. The minimum Gasteiger partial charge on any atom is -0.326 e. The summed E-state index contributed by atoms with van der Waals surface area (Å²) in [6, 6.07) is 11.1. The van der Waals surface area contributed by atoms with E-state index in [4.69, 9.17) is 11.6 Å². The SMILES string of the molecule is CC(=O)Nc1ccc(F)c(NC(=O)c2cnn(-c3ccc(Cl)cc3)c2C(C)C)c1. The first-order valence-corrected chi connectivity index (χ1v) is 9.36. The summed E-state index contributed by atoms with van der Waals surface area (Å²) in [6.45, 7) is 5.23. The van der Waals surface area contributed by atoms with Crippen molar-refractivity contribution in [2.45, 2.75) is 26.7 Å². The lowest BCUT2D eigenvalue weighted by Crippen LogP contribution is -2.16. The molecule has 6 nitrogen and oxygen atoms in total. The Morgan fingerprint density at radius 3 is 2.41 bits per heavy atom. The number of anilines is 2. The molecule has 0 saturated carbocycles. The van der Waals surface area contributed by atoms with Crippen molar-refractivity contribution in [1.29, 1.82) is 0 Å². The molecular weight excluding hydrogens is 395 g/mol. The molecule has 0 aliphatic heterocycles. The Bertz CT molecular complexity index is 1060. The van der Waals surface area contributed by atoms with E-state index in [1.54, 1.807) is 28.9 Å². The molecule has 0 bridgehead atoms. The second-order valence-electron chi connectivity index (χ2n) is 6.82. The largest absolute Gasteiger partial charge is 0.326 e. The molecule has 0 unspecified atom stereocenters. The predicted molar refractivity (Wildman–Crippen MR) is 111 cm³/mol. The number of nitrogens with one attached hydrogen (secondary N) is 2. The number of nitrogens with zero attached hydrogens (tertiary/aromatic N) is 2. The highest BCUT2D eigenvalue weighted by Crippen LogP contribution is 2.26. The minimum absolute atomic E-state index is 0.0236. The highest BCUT2D eigenvalue weighted by molar-refractivity contribution is 6.30. The predicted octanol–water partition coefficient (Wildman–Crippen LogP) is 5.00. The van der Waals surface area contributed by atoms with Gasteiger partial charge in [0, 0.05) is 17.6 Å². The summed E-state index contributed by atoms with van der Waals surface area (Å²) in [4.78, 5) is 24.1. The summed E-state index contributed by atoms with van der Waals surface area (Å²) in [5.41, 5.74) is 2.13. The molecule has 0 radical (unpaired) electrons. The van der Waals surface area contributed by atoms with Gasteiger partial charge >= 0.3 is 0 Å². The molecule has 3 aromatic rings. The van der Waals surface area contributed by atoms with Crippen molar-refractivity contribution in [3.8, 4) is 5.69 Å². The average molecular weight is 415 g/mol. The molecule has 2 N–H and O–H groups in total. The molecule has 0 fully saturated rings. The van der Waals surface area contributed by atoms with Crippen LogP contribution in [0.2, 0.25) is 5.02 Å². The average Bonchev–Trinajstić information content (AvgIpc) is 3.10. The fourth-order valence-corrected chi connectivity index (χ4v) is 3.09. The Kier molecular flexibility index (Phi) is 5.98. The van der Waals surface area contributed by atoms with Gasteiger partial charge < -0.3 is 10.6 Å². The fraction of sp³-hybridized carbons (Fsp3) is 0.190. The van der Waals surface area contributed by atoms with Gasteiger partial charge in [0.15, 0.2) is 0 Å². The van der Waals surface area contributed by atoms with Crippen LogP contribution in [0, 0.1) is 5.82 Å². The van der Waals surface area contributed by atoms with Gasteiger partial charge in [-0.2, -0.15) is 5.10 Å². The highest BCUT2D eigenvalue weighted by atomic mass is 35.5. The first-order chi connectivity index (χ1) is 13.8. The van der Waals surface area contributed by atoms with Crippen LogP contribution in [0.25, 0.3) is 5.69 Å². The van der Waals surface area contributed by atoms with E-state index in [-0.39, 0.29) is 17.5 Å². The zero-order chi connectivity index (χ0) is 21.1. The lowest BCUT2D eigenvalue weighted by atomic mass is 10.0. The third-order valence-corrected chi connectivity index (χ3v) is 4.46. The number of rotatable bonds is 5. The van der Waals surface area contributed by atoms with Crippen LogP contribution in [0.1, 0.15) is 42.7 Å². The maximum atomic E-state index is 14.2. The third kappa shape index (κ3) is 4.63. The fourth-order valence-electron chi connectivity index (χ4n) is 2.97. The zero-order valence-electron chi connectivity index (χ0n) is 16.2. The highest BCUT2D eigenvalue weighted by Gasteiger charge is 2.22. The van der Waals surface area contributed by atoms with Gasteiger partial charge in [-0.3, -0.25) is 9.59 Å². The Hall–Kier alpha value is -3.19. The van der Waals surface area contributed by atoms with E-state index in [9.17, 15) is 14.0 Å². The van der Waals surface area contributed by atoms with Crippen molar-refractivity contribution in [3.63, 3.8) is 0 Å².